The van der Waals surface area contributed by atoms with Gasteiger partial charge in [-0.3, -0.25) is 14.4 Å². The quantitative estimate of drug-likeness (QED) is 0.507. The molecule has 0 unspecified atom stereocenters. The molecule has 1 saturated carbocycles. The van der Waals surface area contributed by atoms with Crippen LogP contribution in [0.25, 0.3) is 0 Å². The van der Waals surface area contributed by atoms with Crippen molar-refractivity contribution in [2.45, 2.75) is 45.1 Å². The molecule has 0 aliphatic heterocycles. The lowest BCUT2D eigenvalue weighted by molar-refractivity contribution is -0.121. The van der Waals surface area contributed by atoms with Crippen LogP contribution in [-0.2, 0) is 16.1 Å². The first-order valence-corrected chi connectivity index (χ1v) is 11.1. The SMILES string of the molecule is O=C(CCCNC(=O)c1ccc(Cl)cc1)NCc1cccc(NC(=O)C2CCCC2)c1. The molecular formula is C24H28ClN3O3. The van der Waals surface area contributed by atoms with Gasteiger partial charge < -0.3 is 16.0 Å². The lowest BCUT2D eigenvalue weighted by Crippen LogP contribution is -2.27. The number of nitrogens with one attached hydrogen (secondary N) is 3. The molecule has 2 aromatic carbocycles. The molecule has 31 heavy (non-hydrogen) atoms. The largest absolute Gasteiger partial charge is 0.352 e. The Morgan fingerprint density at radius 1 is 0.968 bits per heavy atom. The second-order valence-corrected chi connectivity index (χ2v) is 8.25. The summed E-state index contributed by atoms with van der Waals surface area (Å²) in [6.45, 7) is 0.806. The van der Waals surface area contributed by atoms with Gasteiger partial charge in [0.05, 0.1) is 0 Å². The van der Waals surface area contributed by atoms with Gasteiger partial charge in [0.15, 0.2) is 0 Å². The molecule has 0 bridgehead atoms. The Morgan fingerprint density at radius 2 is 1.71 bits per heavy atom. The van der Waals surface area contributed by atoms with Crippen LogP contribution in [0.3, 0.4) is 0 Å². The molecule has 0 radical (unpaired) electrons. The minimum Gasteiger partial charge on any atom is -0.352 e. The summed E-state index contributed by atoms with van der Waals surface area (Å²) in [5.41, 5.74) is 2.22. The summed E-state index contributed by atoms with van der Waals surface area (Å²) < 4.78 is 0. The van der Waals surface area contributed by atoms with Gasteiger partial charge in [-0.15, -0.1) is 0 Å². The molecule has 0 saturated heterocycles. The molecule has 6 nitrogen and oxygen atoms in total. The molecule has 2 aromatic rings. The predicted molar refractivity (Wildman–Crippen MR) is 122 cm³/mol. The van der Waals surface area contributed by atoms with Crippen LogP contribution in [0.15, 0.2) is 48.5 Å². The lowest BCUT2D eigenvalue weighted by atomic mass is 10.1. The molecule has 0 heterocycles. The topological polar surface area (TPSA) is 87.3 Å². The number of carbonyl (C=O) groups excluding carboxylic acids is 3. The van der Waals surface area contributed by atoms with Crippen molar-refractivity contribution >= 4 is 35.0 Å². The zero-order valence-corrected chi connectivity index (χ0v) is 18.2. The fraction of sp³-hybridized carbons (Fsp3) is 0.375. The lowest BCUT2D eigenvalue weighted by Gasteiger charge is -2.12. The van der Waals surface area contributed by atoms with Crippen molar-refractivity contribution in [3.8, 4) is 0 Å². The molecule has 0 spiro atoms. The van der Waals surface area contributed by atoms with Crippen LogP contribution in [-0.4, -0.2) is 24.3 Å². The number of benzene rings is 2. The van der Waals surface area contributed by atoms with Crippen molar-refractivity contribution in [2.75, 3.05) is 11.9 Å². The summed E-state index contributed by atoms with van der Waals surface area (Å²) in [6.07, 6.45) is 5.02. The minimum absolute atomic E-state index is 0.0823. The summed E-state index contributed by atoms with van der Waals surface area (Å²) in [4.78, 5) is 36.4. The minimum atomic E-state index is -0.187. The average molecular weight is 442 g/mol. The second kappa shape index (κ2) is 11.5. The van der Waals surface area contributed by atoms with Gasteiger partial charge in [-0.05, 0) is 61.2 Å². The number of hydrogen-bond donors (Lipinski definition) is 3. The predicted octanol–water partition coefficient (Wildman–Crippen LogP) is 4.30. The van der Waals surface area contributed by atoms with Crippen LogP contribution in [0.5, 0.6) is 0 Å². The van der Waals surface area contributed by atoms with E-state index in [1.54, 1.807) is 24.3 Å². The maximum absolute atomic E-state index is 12.3. The van der Waals surface area contributed by atoms with Gasteiger partial charge in [-0.25, -0.2) is 0 Å². The molecule has 0 atom stereocenters. The summed E-state index contributed by atoms with van der Waals surface area (Å²) in [5.74, 6) is -0.0717. The van der Waals surface area contributed by atoms with Crippen LogP contribution < -0.4 is 16.0 Å². The smallest absolute Gasteiger partial charge is 0.251 e. The van der Waals surface area contributed by atoms with E-state index in [4.69, 9.17) is 11.6 Å². The van der Waals surface area contributed by atoms with Crippen LogP contribution in [0.4, 0.5) is 5.69 Å². The molecular weight excluding hydrogens is 414 g/mol. The molecule has 0 aromatic heterocycles. The number of halogens is 1. The highest BCUT2D eigenvalue weighted by Gasteiger charge is 2.22. The van der Waals surface area contributed by atoms with Crippen LogP contribution in [0, 0.1) is 5.92 Å². The first-order valence-electron chi connectivity index (χ1n) is 10.7. The number of amides is 3. The Morgan fingerprint density at radius 3 is 2.45 bits per heavy atom. The number of rotatable bonds is 9. The summed E-state index contributed by atoms with van der Waals surface area (Å²) in [7, 11) is 0. The zero-order valence-electron chi connectivity index (χ0n) is 17.5. The molecule has 1 aliphatic carbocycles. The molecule has 7 heteroatoms. The Bertz CT molecular complexity index is 909. The van der Waals surface area contributed by atoms with E-state index >= 15 is 0 Å². The van der Waals surface area contributed by atoms with Gasteiger partial charge in [-0.2, -0.15) is 0 Å². The van der Waals surface area contributed by atoms with E-state index in [2.05, 4.69) is 16.0 Å². The third-order valence-corrected chi connectivity index (χ3v) is 5.63. The highest BCUT2D eigenvalue weighted by Crippen LogP contribution is 2.26. The van der Waals surface area contributed by atoms with Crippen LogP contribution in [0.1, 0.15) is 54.4 Å². The molecule has 3 rings (SSSR count). The van der Waals surface area contributed by atoms with Gasteiger partial charge in [0.2, 0.25) is 11.8 Å². The number of anilines is 1. The van der Waals surface area contributed by atoms with Crippen molar-refractivity contribution in [3.05, 3.63) is 64.7 Å². The van der Waals surface area contributed by atoms with E-state index < -0.39 is 0 Å². The maximum atomic E-state index is 12.3. The van der Waals surface area contributed by atoms with Gasteiger partial charge in [-0.1, -0.05) is 36.6 Å². The van der Waals surface area contributed by atoms with E-state index in [0.717, 1.165) is 36.9 Å². The summed E-state index contributed by atoms with van der Waals surface area (Å²) in [5, 5.41) is 9.24. The standard InChI is InChI=1S/C24H28ClN3O3/c25-20-12-10-19(11-13-20)23(30)26-14-4-9-22(29)27-16-17-5-3-8-21(15-17)28-24(31)18-6-1-2-7-18/h3,5,8,10-13,15,18H,1-2,4,6-7,9,14,16H2,(H,26,30)(H,27,29)(H,28,31). The van der Waals surface area contributed by atoms with E-state index in [9.17, 15) is 14.4 Å². The van der Waals surface area contributed by atoms with E-state index in [1.807, 2.05) is 24.3 Å². The molecule has 3 N–H and O–H groups in total. The van der Waals surface area contributed by atoms with Gasteiger partial charge in [0.1, 0.15) is 0 Å². The monoisotopic (exact) mass is 441 g/mol. The third kappa shape index (κ3) is 7.40. The van der Waals surface area contributed by atoms with Crippen molar-refractivity contribution in [1.82, 2.24) is 10.6 Å². The van der Waals surface area contributed by atoms with Crippen molar-refractivity contribution in [3.63, 3.8) is 0 Å². The second-order valence-electron chi connectivity index (χ2n) is 7.81. The Kier molecular flexibility index (Phi) is 8.47. The molecule has 1 fully saturated rings. The number of hydrogen-bond acceptors (Lipinski definition) is 3. The zero-order chi connectivity index (χ0) is 22.1. The van der Waals surface area contributed by atoms with E-state index in [1.165, 1.54) is 0 Å². The number of carbonyl (C=O) groups is 3. The molecule has 3 amide bonds. The molecule has 1 aliphatic rings. The van der Waals surface area contributed by atoms with Crippen molar-refractivity contribution in [1.29, 1.82) is 0 Å². The van der Waals surface area contributed by atoms with Crippen LogP contribution in [0.2, 0.25) is 5.02 Å². The van der Waals surface area contributed by atoms with Gasteiger partial charge >= 0.3 is 0 Å². The fourth-order valence-corrected chi connectivity index (χ4v) is 3.76. The highest BCUT2D eigenvalue weighted by molar-refractivity contribution is 6.30. The first-order chi connectivity index (χ1) is 15.0. The first kappa shape index (κ1) is 22.8. The Balaban J connectivity index is 1.35. The summed E-state index contributed by atoms with van der Waals surface area (Å²) in [6, 6.07) is 14.2. The summed E-state index contributed by atoms with van der Waals surface area (Å²) >= 11 is 5.81. The molecule has 164 valence electrons. The Labute approximate surface area is 187 Å². The third-order valence-electron chi connectivity index (χ3n) is 5.38. The fourth-order valence-electron chi connectivity index (χ4n) is 3.63. The van der Waals surface area contributed by atoms with E-state index in [0.29, 0.717) is 36.5 Å². The Hall–Kier alpha value is -2.86. The average Bonchev–Trinajstić information content (AvgIpc) is 3.31. The van der Waals surface area contributed by atoms with Crippen LogP contribution >= 0.6 is 11.6 Å². The van der Waals surface area contributed by atoms with Crippen molar-refractivity contribution < 1.29 is 14.4 Å². The highest BCUT2D eigenvalue weighted by atomic mass is 35.5. The van der Waals surface area contributed by atoms with Gasteiger partial charge in [0, 0.05) is 41.7 Å². The van der Waals surface area contributed by atoms with Gasteiger partial charge in [0.25, 0.3) is 5.91 Å². The van der Waals surface area contributed by atoms with Crippen molar-refractivity contribution in [2.24, 2.45) is 5.92 Å². The maximum Gasteiger partial charge on any atom is 0.251 e. The normalized spacial score (nSPS) is 13.6. The van der Waals surface area contributed by atoms with E-state index in [-0.39, 0.29) is 23.6 Å².